The number of alkyl halides is 3. The minimum atomic E-state index is -4.70. The third-order valence-electron chi connectivity index (χ3n) is 7.44. The summed E-state index contributed by atoms with van der Waals surface area (Å²) in [6, 6.07) is 22.5. The van der Waals surface area contributed by atoms with Gasteiger partial charge in [0.25, 0.3) is 0 Å². The number of halogens is 3. The summed E-state index contributed by atoms with van der Waals surface area (Å²) in [4.78, 5) is 0. The number of rotatable bonds is 11. The van der Waals surface area contributed by atoms with Crippen LogP contribution in [0.4, 0.5) is 18.9 Å². The molecule has 0 unspecified atom stereocenters. The second kappa shape index (κ2) is 13.1. The lowest BCUT2D eigenvalue weighted by molar-refractivity contribution is -0.274. The molecular formula is C32H38F3NO2. The number of unbranched alkanes of at least 4 members (excludes halogenated alkanes) is 1. The average Bonchev–Trinajstić information content (AvgIpc) is 2.89. The van der Waals surface area contributed by atoms with Gasteiger partial charge in [-0.05, 0) is 91.3 Å². The molecule has 1 N–H and O–H groups in total. The van der Waals surface area contributed by atoms with Crippen molar-refractivity contribution in [1.29, 1.82) is 0 Å². The lowest BCUT2D eigenvalue weighted by atomic mass is 9.79. The molecule has 38 heavy (non-hydrogen) atoms. The van der Waals surface area contributed by atoms with Crippen molar-refractivity contribution in [2.45, 2.75) is 71.3 Å². The molecule has 0 aliphatic heterocycles. The minimum Gasteiger partial charge on any atom is -0.488 e. The van der Waals surface area contributed by atoms with E-state index in [1.165, 1.54) is 30.5 Å². The van der Waals surface area contributed by atoms with Crippen molar-refractivity contribution in [2.24, 2.45) is 11.8 Å². The van der Waals surface area contributed by atoms with E-state index in [1.54, 1.807) is 12.1 Å². The first-order chi connectivity index (χ1) is 18.3. The zero-order valence-electron chi connectivity index (χ0n) is 22.3. The van der Waals surface area contributed by atoms with E-state index < -0.39 is 6.36 Å². The van der Waals surface area contributed by atoms with E-state index in [1.807, 2.05) is 24.3 Å². The van der Waals surface area contributed by atoms with Gasteiger partial charge in [0.05, 0.1) is 5.69 Å². The maximum absolute atomic E-state index is 12.6. The fraction of sp³-hybridized carbons (Fsp3) is 0.438. The fourth-order valence-electron chi connectivity index (χ4n) is 5.29. The Morgan fingerprint density at radius 2 is 1.63 bits per heavy atom. The van der Waals surface area contributed by atoms with Crippen LogP contribution in [-0.4, -0.2) is 19.0 Å². The summed E-state index contributed by atoms with van der Waals surface area (Å²) in [7, 11) is 0. The van der Waals surface area contributed by atoms with Crippen LogP contribution in [0.25, 0.3) is 11.1 Å². The quantitative estimate of drug-likeness (QED) is 0.253. The van der Waals surface area contributed by atoms with E-state index in [0.717, 1.165) is 61.2 Å². The topological polar surface area (TPSA) is 30.5 Å². The monoisotopic (exact) mass is 525 g/mol. The Balaban J connectivity index is 1.48. The third-order valence-corrected chi connectivity index (χ3v) is 7.44. The standard InChI is InChI=1S/C32H38F3NO2/c1-3-25-13-12-23(2)21-31(25)37-30-19-16-27(26-14-17-28(18-15-26)38-32(33,34)35)22-29(30)36-20-8-7-11-24-9-5-4-6-10-24/h4-6,9-10,14-19,22-23,25,31,36H,3,7-8,11-13,20-21H2,1-2H3/t23-,25-,31-/m1/s1. The first-order valence-corrected chi connectivity index (χ1v) is 13.8. The predicted octanol–water partition coefficient (Wildman–Crippen LogP) is 9.28. The van der Waals surface area contributed by atoms with E-state index in [4.69, 9.17) is 4.74 Å². The van der Waals surface area contributed by atoms with Crippen LogP contribution in [0, 0.1) is 11.8 Å². The first kappa shape index (κ1) is 27.9. The highest BCUT2D eigenvalue weighted by Gasteiger charge is 2.31. The van der Waals surface area contributed by atoms with Crippen molar-refractivity contribution in [3.63, 3.8) is 0 Å². The number of anilines is 1. The van der Waals surface area contributed by atoms with Crippen LogP contribution in [0.3, 0.4) is 0 Å². The lowest BCUT2D eigenvalue weighted by Crippen LogP contribution is -2.33. The number of hydrogen-bond acceptors (Lipinski definition) is 3. The molecule has 0 saturated heterocycles. The van der Waals surface area contributed by atoms with Gasteiger partial charge in [-0.25, -0.2) is 0 Å². The molecular weight excluding hydrogens is 487 g/mol. The number of aryl methyl sites for hydroxylation is 1. The molecule has 1 aliphatic carbocycles. The highest BCUT2D eigenvalue weighted by molar-refractivity contribution is 5.72. The van der Waals surface area contributed by atoms with Crippen LogP contribution < -0.4 is 14.8 Å². The SMILES string of the molecule is CC[C@@H]1CC[C@@H](C)C[C@H]1Oc1ccc(-c2ccc(OC(F)(F)F)cc2)cc1NCCCCc1ccccc1. The van der Waals surface area contributed by atoms with E-state index in [9.17, 15) is 13.2 Å². The molecule has 3 aromatic carbocycles. The molecule has 6 heteroatoms. The van der Waals surface area contributed by atoms with Crippen LogP contribution in [0.1, 0.15) is 57.9 Å². The number of nitrogens with one attached hydrogen (secondary N) is 1. The summed E-state index contributed by atoms with van der Waals surface area (Å²) in [6.07, 6.45) is 3.20. The van der Waals surface area contributed by atoms with Crippen LogP contribution in [-0.2, 0) is 6.42 Å². The Bertz CT molecular complexity index is 1130. The highest BCUT2D eigenvalue weighted by atomic mass is 19.4. The molecule has 0 heterocycles. The lowest BCUT2D eigenvalue weighted by Gasteiger charge is -2.35. The van der Waals surface area contributed by atoms with Crippen molar-refractivity contribution in [3.05, 3.63) is 78.4 Å². The van der Waals surface area contributed by atoms with Crippen molar-refractivity contribution in [2.75, 3.05) is 11.9 Å². The summed E-state index contributed by atoms with van der Waals surface area (Å²) in [5.74, 6) is 1.81. The molecule has 4 rings (SSSR count). The molecule has 3 aromatic rings. The molecule has 3 atom stereocenters. The van der Waals surface area contributed by atoms with Gasteiger partial charge in [-0.3, -0.25) is 0 Å². The zero-order chi connectivity index (χ0) is 27.0. The van der Waals surface area contributed by atoms with Gasteiger partial charge in [-0.2, -0.15) is 0 Å². The maximum atomic E-state index is 12.6. The Kier molecular flexibility index (Phi) is 9.59. The first-order valence-electron chi connectivity index (χ1n) is 13.8. The summed E-state index contributed by atoms with van der Waals surface area (Å²) < 4.78 is 48.3. The normalized spacial score (nSPS) is 19.7. The molecule has 204 valence electrons. The molecule has 1 aliphatic rings. The second-order valence-electron chi connectivity index (χ2n) is 10.4. The van der Waals surface area contributed by atoms with Gasteiger partial charge in [0.2, 0.25) is 0 Å². The zero-order valence-corrected chi connectivity index (χ0v) is 22.3. The van der Waals surface area contributed by atoms with Crippen molar-refractivity contribution in [1.82, 2.24) is 0 Å². The van der Waals surface area contributed by atoms with Gasteiger partial charge in [0.1, 0.15) is 17.6 Å². The maximum Gasteiger partial charge on any atom is 0.573 e. The highest BCUT2D eigenvalue weighted by Crippen LogP contribution is 2.38. The molecule has 3 nitrogen and oxygen atoms in total. The molecule has 0 amide bonds. The average molecular weight is 526 g/mol. The van der Waals surface area contributed by atoms with Gasteiger partial charge < -0.3 is 14.8 Å². The Hall–Kier alpha value is -3.15. The summed E-state index contributed by atoms with van der Waals surface area (Å²) in [5, 5.41) is 3.59. The van der Waals surface area contributed by atoms with Gasteiger partial charge in [-0.15, -0.1) is 13.2 Å². The van der Waals surface area contributed by atoms with Crippen molar-refractivity contribution >= 4 is 5.69 Å². The summed E-state index contributed by atoms with van der Waals surface area (Å²) in [5.41, 5.74) is 3.99. The molecule has 0 radical (unpaired) electrons. The molecule has 0 aromatic heterocycles. The number of benzene rings is 3. The Morgan fingerprint density at radius 3 is 2.34 bits per heavy atom. The van der Waals surface area contributed by atoms with Gasteiger partial charge in [0.15, 0.2) is 0 Å². The van der Waals surface area contributed by atoms with E-state index in [0.29, 0.717) is 11.8 Å². The van der Waals surface area contributed by atoms with Gasteiger partial charge >= 0.3 is 6.36 Å². The van der Waals surface area contributed by atoms with Gasteiger partial charge in [-0.1, -0.05) is 68.8 Å². The van der Waals surface area contributed by atoms with Crippen LogP contribution in [0.5, 0.6) is 11.5 Å². The number of ether oxygens (including phenoxy) is 2. The van der Waals surface area contributed by atoms with E-state index in [-0.39, 0.29) is 11.9 Å². The van der Waals surface area contributed by atoms with E-state index >= 15 is 0 Å². The Labute approximate surface area is 224 Å². The number of hydrogen-bond donors (Lipinski definition) is 1. The van der Waals surface area contributed by atoms with Crippen molar-refractivity contribution in [3.8, 4) is 22.6 Å². The van der Waals surface area contributed by atoms with Crippen LogP contribution in [0.15, 0.2) is 72.8 Å². The van der Waals surface area contributed by atoms with Crippen LogP contribution in [0.2, 0.25) is 0 Å². The van der Waals surface area contributed by atoms with Crippen LogP contribution >= 0.6 is 0 Å². The summed E-state index contributed by atoms with van der Waals surface area (Å²) >= 11 is 0. The minimum absolute atomic E-state index is 0.187. The van der Waals surface area contributed by atoms with E-state index in [2.05, 4.69) is 48.2 Å². The molecule has 0 spiro atoms. The predicted molar refractivity (Wildman–Crippen MR) is 148 cm³/mol. The smallest absolute Gasteiger partial charge is 0.488 e. The molecule has 1 saturated carbocycles. The van der Waals surface area contributed by atoms with Crippen molar-refractivity contribution < 1.29 is 22.6 Å². The Morgan fingerprint density at radius 1 is 0.895 bits per heavy atom. The largest absolute Gasteiger partial charge is 0.573 e. The molecule has 1 fully saturated rings. The van der Waals surface area contributed by atoms with Gasteiger partial charge in [0, 0.05) is 6.54 Å². The fourth-order valence-corrected chi connectivity index (χ4v) is 5.29. The third kappa shape index (κ3) is 8.17. The summed E-state index contributed by atoms with van der Waals surface area (Å²) in [6.45, 7) is 5.34. The second-order valence-corrected chi connectivity index (χ2v) is 10.4. The molecule has 0 bridgehead atoms.